The van der Waals surface area contributed by atoms with Gasteiger partial charge >= 0.3 is 5.12 Å². The zero-order valence-corrected chi connectivity index (χ0v) is 18.2. The van der Waals surface area contributed by atoms with Crippen LogP contribution in [0.2, 0.25) is 0 Å². The van der Waals surface area contributed by atoms with Crippen LogP contribution < -0.4 is 10.7 Å². The molecule has 30 heavy (non-hydrogen) atoms. The Morgan fingerprint density at radius 1 is 1.30 bits per heavy atom. The van der Waals surface area contributed by atoms with Gasteiger partial charge in [-0.3, -0.25) is 9.36 Å². The molecule has 0 N–H and O–H groups in total. The molecule has 0 aliphatic carbocycles. The van der Waals surface area contributed by atoms with Crippen LogP contribution in [0, 0.1) is 12.8 Å². The molecule has 4 rings (SSSR count). The second-order valence-corrected chi connectivity index (χ2v) is 10.1. The van der Waals surface area contributed by atoms with Crippen molar-refractivity contribution in [1.29, 1.82) is 0 Å². The highest BCUT2D eigenvalue weighted by Gasteiger charge is 2.49. The predicted molar refractivity (Wildman–Crippen MR) is 114 cm³/mol. The molecular weight excluding hydrogens is 402 g/mol. The van der Waals surface area contributed by atoms with Gasteiger partial charge in [0.05, 0.1) is 28.7 Å². The van der Waals surface area contributed by atoms with Crippen molar-refractivity contribution in [1.82, 2.24) is 14.1 Å². The minimum atomic E-state index is -1.59. The molecule has 0 bridgehead atoms. The number of rotatable bonds is 4. The van der Waals surface area contributed by atoms with Crippen molar-refractivity contribution < 1.29 is 14.7 Å². The van der Waals surface area contributed by atoms with E-state index in [0.717, 1.165) is 11.1 Å². The van der Waals surface area contributed by atoms with Gasteiger partial charge in [0.25, 0.3) is 5.56 Å². The lowest BCUT2D eigenvalue weighted by atomic mass is 10.0. The van der Waals surface area contributed by atoms with Crippen LogP contribution in [0.3, 0.4) is 0 Å². The van der Waals surface area contributed by atoms with E-state index in [1.807, 2.05) is 43.5 Å². The third kappa shape index (κ3) is 3.15. The fraction of sp³-hybridized carbons (Fsp3) is 0.364. The molecule has 1 aliphatic heterocycles. The van der Waals surface area contributed by atoms with E-state index in [9.17, 15) is 19.5 Å². The monoisotopic (exact) mass is 425 g/mol. The number of carboxylic acid groups (broad SMARTS) is 1. The first-order valence-electron chi connectivity index (χ1n) is 9.86. The summed E-state index contributed by atoms with van der Waals surface area (Å²) in [7, 11) is -0.721. The first-order valence-corrected chi connectivity index (χ1v) is 11.3. The first-order chi connectivity index (χ1) is 14.2. The van der Waals surface area contributed by atoms with E-state index in [0.29, 0.717) is 26.4 Å². The molecule has 7 nitrogen and oxygen atoms in total. The highest BCUT2D eigenvalue weighted by atomic mass is 32.2. The molecule has 4 heterocycles. The van der Waals surface area contributed by atoms with Crippen molar-refractivity contribution >= 4 is 33.1 Å². The van der Waals surface area contributed by atoms with E-state index in [4.69, 9.17) is 0 Å². The van der Waals surface area contributed by atoms with Crippen LogP contribution in [0.5, 0.6) is 0 Å². The molecular formula is C22H23N3O4S. The van der Waals surface area contributed by atoms with Gasteiger partial charge in [-0.1, -0.05) is 13.8 Å². The average molecular weight is 426 g/mol. The smallest absolute Gasteiger partial charge is 0.344 e. The number of carbonyl (C=O) groups is 2. The van der Waals surface area contributed by atoms with E-state index in [1.165, 1.54) is 0 Å². The molecule has 156 valence electrons. The van der Waals surface area contributed by atoms with Crippen molar-refractivity contribution in [3.05, 3.63) is 57.8 Å². The van der Waals surface area contributed by atoms with Gasteiger partial charge in [0.1, 0.15) is 23.4 Å². The number of carbonyl (C=O) groups excluding carboxylic acids is 2. The van der Waals surface area contributed by atoms with E-state index in [2.05, 4.69) is 4.98 Å². The summed E-state index contributed by atoms with van der Waals surface area (Å²) in [6.07, 6.45) is 0.0860. The van der Waals surface area contributed by atoms with E-state index >= 15 is 0 Å². The van der Waals surface area contributed by atoms with Crippen molar-refractivity contribution in [3.63, 3.8) is 0 Å². The zero-order chi connectivity index (χ0) is 21.7. The number of pyridine rings is 2. The molecule has 0 saturated heterocycles. The number of aryl methyl sites for hydroxylation is 1. The van der Waals surface area contributed by atoms with E-state index < -0.39 is 28.5 Å². The Balaban J connectivity index is 1.92. The third-order valence-electron chi connectivity index (χ3n) is 5.44. The highest BCUT2D eigenvalue weighted by Crippen LogP contribution is 2.37. The molecule has 0 radical (unpaired) electrons. The van der Waals surface area contributed by atoms with Crippen LogP contribution >= 0.6 is 0 Å². The summed E-state index contributed by atoms with van der Waals surface area (Å²) >= 11 is 0. The number of aromatic nitrogens is 3. The first kappa shape index (κ1) is 20.4. The van der Waals surface area contributed by atoms with Crippen molar-refractivity contribution in [2.45, 2.75) is 45.1 Å². The Morgan fingerprint density at radius 2 is 2.03 bits per heavy atom. The molecule has 0 saturated carbocycles. The molecule has 3 aromatic rings. The standard InChI is InChI=1S/C22H23N3O4S/c1-12(2)11-30-17-9-16(10-24-13(3)8-15-6-5-7-23-19(15)24)25(22(28)29)20(26)18(17)14(4)21(30)27/h5-9,12,14H,10-11H2,1-4H3. The molecule has 3 aromatic heterocycles. The van der Waals surface area contributed by atoms with Crippen molar-refractivity contribution in [3.8, 4) is 0 Å². The van der Waals surface area contributed by atoms with E-state index in [-0.39, 0.29) is 23.3 Å². The Kier molecular flexibility index (Phi) is 5.05. The lowest BCUT2D eigenvalue weighted by Gasteiger charge is -2.17. The SMILES string of the molecule is Cc1cc2cccnc2n1Cc1cc2c(c(=O)n1C(=O)[O-])C(C)C(=O)[S+]2CC(C)C. The summed E-state index contributed by atoms with van der Waals surface area (Å²) in [5.74, 6) is 0.324. The van der Waals surface area contributed by atoms with Crippen LogP contribution in [0.1, 0.15) is 43.6 Å². The lowest BCUT2D eigenvalue weighted by Crippen LogP contribution is -2.41. The summed E-state index contributed by atoms with van der Waals surface area (Å²) in [6, 6.07) is 7.45. The van der Waals surface area contributed by atoms with Crippen LogP contribution in [0.4, 0.5) is 4.79 Å². The van der Waals surface area contributed by atoms with Crippen LogP contribution in [-0.2, 0) is 22.2 Å². The summed E-state index contributed by atoms with van der Waals surface area (Å²) in [4.78, 5) is 43.0. The Bertz CT molecular complexity index is 1240. The Morgan fingerprint density at radius 3 is 2.70 bits per heavy atom. The normalized spacial score (nSPS) is 18.4. The zero-order valence-electron chi connectivity index (χ0n) is 17.3. The van der Waals surface area contributed by atoms with Crippen LogP contribution in [0.15, 0.2) is 40.2 Å². The molecule has 0 amide bonds. The molecule has 0 fully saturated rings. The Labute approximate surface area is 176 Å². The van der Waals surface area contributed by atoms with Gasteiger partial charge in [0.2, 0.25) is 0 Å². The number of hydrogen-bond acceptors (Lipinski definition) is 5. The maximum atomic E-state index is 13.2. The number of nitrogens with zero attached hydrogens (tertiary/aromatic N) is 3. The quantitative estimate of drug-likeness (QED) is 0.596. The predicted octanol–water partition coefficient (Wildman–Crippen LogP) is 2.02. The number of fused-ring (bicyclic) bond motifs is 2. The molecule has 8 heteroatoms. The summed E-state index contributed by atoms with van der Waals surface area (Å²) in [5, 5.41) is 12.8. The summed E-state index contributed by atoms with van der Waals surface area (Å²) < 4.78 is 2.55. The maximum absolute atomic E-state index is 13.2. The number of hydrogen-bond donors (Lipinski definition) is 0. The van der Waals surface area contributed by atoms with Gasteiger partial charge in [-0.2, -0.15) is 0 Å². The molecule has 2 unspecified atom stereocenters. The van der Waals surface area contributed by atoms with Gasteiger partial charge in [0, 0.05) is 23.3 Å². The van der Waals surface area contributed by atoms with Gasteiger partial charge < -0.3 is 14.5 Å². The molecule has 0 aromatic carbocycles. The minimum Gasteiger partial charge on any atom is -0.529 e. The highest BCUT2D eigenvalue weighted by molar-refractivity contribution is 8.11. The molecule has 0 spiro atoms. The summed E-state index contributed by atoms with van der Waals surface area (Å²) in [5.41, 5.74) is 1.52. The van der Waals surface area contributed by atoms with Crippen LogP contribution in [-0.4, -0.2) is 31.1 Å². The van der Waals surface area contributed by atoms with Gasteiger partial charge in [0.15, 0.2) is 4.90 Å². The molecule has 2 atom stereocenters. The summed E-state index contributed by atoms with van der Waals surface area (Å²) in [6.45, 7) is 7.80. The fourth-order valence-corrected chi connectivity index (χ4v) is 6.67. The second-order valence-electron chi connectivity index (χ2n) is 8.10. The average Bonchev–Trinajstić information content (AvgIpc) is 3.10. The maximum Gasteiger partial charge on any atom is 0.344 e. The van der Waals surface area contributed by atoms with Crippen molar-refractivity contribution in [2.24, 2.45) is 5.92 Å². The largest absolute Gasteiger partial charge is 0.529 e. The topological polar surface area (TPSA) is 97.0 Å². The van der Waals surface area contributed by atoms with E-state index in [1.54, 1.807) is 19.2 Å². The van der Waals surface area contributed by atoms with Crippen LogP contribution in [0.25, 0.3) is 11.0 Å². The second kappa shape index (κ2) is 7.43. The van der Waals surface area contributed by atoms with Crippen molar-refractivity contribution in [2.75, 3.05) is 5.75 Å². The van der Waals surface area contributed by atoms with Gasteiger partial charge in [-0.25, -0.2) is 9.78 Å². The Hall–Kier alpha value is -2.87. The third-order valence-corrected chi connectivity index (χ3v) is 8.15. The lowest BCUT2D eigenvalue weighted by molar-refractivity contribution is -0.251. The fourth-order valence-electron chi connectivity index (χ4n) is 4.09. The minimum absolute atomic E-state index is 0.00195. The molecule has 1 aliphatic rings. The van der Waals surface area contributed by atoms with Gasteiger partial charge in [-0.15, -0.1) is 0 Å². The van der Waals surface area contributed by atoms with Gasteiger partial charge in [-0.05, 0) is 38.0 Å².